The minimum atomic E-state index is -0.341. The molecule has 1 unspecified atom stereocenters. The second kappa shape index (κ2) is 8.54. The van der Waals surface area contributed by atoms with Gasteiger partial charge in [-0.3, -0.25) is 14.5 Å². The first-order chi connectivity index (χ1) is 12.4. The van der Waals surface area contributed by atoms with E-state index < -0.39 is 0 Å². The summed E-state index contributed by atoms with van der Waals surface area (Å²) in [5.41, 5.74) is 7.61. The molecule has 0 saturated carbocycles. The van der Waals surface area contributed by atoms with Crippen LogP contribution in [0.2, 0.25) is 0 Å². The monoisotopic (exact) mass is 375 g/mol. The molecule has 0 fully saturated rings. The van der Waals surface area contributed by atoms with E-state index in [1.165, 1.54) is 16.2 Å². The minimum Gasteiger partial charge on any atom is -0.400 e. The van der Waals surface area contributed by atoms with Gasteiger partial charge in [0.1, 0.15) is 5.69 Å². The molecule has 0 spiro atoms. The van der Waals surface area contributed by atoms with Gasteiger partial charge in [0.05, 0.1) is 17.5 Å². The number of hydrogen-bond acceptors (Lipinski definition) is 7. The van der Waals surface area contributed by atoms with Gasteiger partial charge in [-0.25, -0.2) is 9.98 Å². The minimum absolute atomic E-state index is 0.0834. The molecule has 1 atom stereocenters. The maximum absolute atomic E-state index is 12.2. The highest BCUT2D eigenvalue weighted by Crippen LogP contribution is 2.27. The summed E-state index contributed by atoms with van der Waals surface area (Å²) in [6, 6.07) is 6.92. The van der Waals surface area contributed by atoms with Crippen molar-refractivity contribution in [1.82, 2.24) is 9.88 Å². The molecule has 0 saturated heterocycles. The van der Waals surface area contributed by atoms with Crippen LogP contribution in [0.5, 0.6) is 0 Å². The van der Waals surface area contributed by atoms with E-state index in [-0.39, 0.29) is 30.2 Å². The number of aryl methyl sites for hydroxylation is 1. The number of guanidine groups is 1. The molecule has 2 amide bonds. The first kappa shape index (κ1) is 19.5. The molecule has 138 valence electrons. The molecule has 0 bridgehead atoms. The number of benzene rings is 1. The van der Waals surface area contributed by atoms with Gasteiger partial charge in [-0.2, -0.15) is 0 Å². The summed E-state index contributed by atoms with van der Waals surface area (Å²) in [6.07, 6.45) is 0.250. The smallest absolute Gasteiger partial charge is 0.275 e. The van der Waals surface area contributed by atoms with Crippen molar-refractivity contribution < 1.29 is 14.7 Å². The fraction of sp³-hybridized carbons (Fsp3) is 0.294. The zero-order valence-corrected chi connectivity index (χ0v) is 15.6. The molecule has 1 aromatic heterocycles. The maximum atomic E-state index is 12.2. The van der Waals surface area contributed by atoms with Crippen LogP contribution in [0.25, 0.3) is 0 Å². The predicted octanol–water partition coefficient (Wildman–Crippen LogP) is 1.53. The number of anilines is 1. The molecule has 8 nitrogen and oxygen atoms in total. The number of hydrogen-bond donors (Lipinski definition) is 3. The lowest BCUT2D eigenvalue weighted by Gasteiger charge is -2.25. The van der Waals surface area contributed by atoms with Crippen LogP contribution in [-0.4, -0.2) is 46.9 Å². The maximum Gasteiger partial charge on any atom is 0.275 e. The standard InChI is InChI=1S/C16H17N5O2S.CH4O/c1-9-18-13(8-24-9)15(23)19-11-5-3-4-10(6-11)12-7-14(22)21(2)16(17)20-12;1-2/h3-6,8,12H,7H2,1-2H3,(H2,17,20)(H,19,23);2H,1H3. The Kier molecular flexibility index (Phi) is 6.42. The highest BCUT2D eigenvalue weighted by molar-refractivity contribution is 7.09. The Balaban J connectivity index is 0.00000117. The molecule has 2 aromatic rings. The van der Waals surface area contributed by atoms with E-state index in [1.807, 2.05) is 19.1 Å². The van der Waals surface area contributed by atoms with Gasteiger partial charge in [0.25, 0.3) is 5.91 Å². The molecule has 2 heterocycles. The summed E-state index contributed by atoms with van der Waals surface area (Å²) >= 11 is 1.42. The van der Waals surface area contributed by atoms with E-state index in [4.69, 9.17) is 10.8 Å². The van der Waals surface area contributed by atoms with Gasteiger partial charge in [0.2, 0.25) is 5.91 Å². The third-order valence-electron chi connectivity index (χ3n) is 3.75. The highest BCUT2D eigenvalue weighted by atomic mass is 32.1. The summed E-state index contributed by atoms with van der Waals surface area (Å²) in [7, 11) is 2.60. The van der Waals surface area contributed by atoms with Crippen molar-refractivity contribution in [3.8, 4) is 0 Å². The molecule has 0 aliphatic carbocycles. The van der Waals surface area contributed by atoms with E-state index in [1.54, 1.807) is 24.6 Å². The Morgan fingerprint density at radius 1 is 1.42 bits per heavy atom. The van der Waals surface area contributed by atoms with Crippen molar-refractivity contribution in [1.29, 1.82) is 0 Å². The number of nitrogens with two attached hydrogens (primary N) is 1. The second-order valence-electron chi connectivity index (χ2n) is 5.49. The van der Waals surface area contributed by atoms with Crippen molar-refractivity contribution in [2.45, 2.75) is 19.4 Å². The number of aromatic nitrogens is 1. The zero-order chi connectivity index (χ0) is 19.3. The molecular weight excluding hydrogens is 354 g/mol. The van der Waals surface area contributed by atoms with Gasteiger partial charge in [-0.15, -0.1) is 11.3 Å². The Bertz CT molecular complexity index is 833. The normalized spacial score (nSPS) is 16.5. The number of amides is 2. The van der Waals surface area contributed by atoms with Crippen molar-refractivity contribution in [2.24, 2.45) is 10.7 Å². The van der Waals surface area contributed by atoms with Crippen LogP contribution in [0, 0.1) is 6.92 Å². The Morgan fingerprint density at radius 3 is 2.77 bits per heavy atom. The summed E-state index contributed by atoms with van der Waals surface area (Å²) < 4.78 is 0. The van der Waals surface area contributed by atoms with Crippen molar-refractivity contribution in [3.63, 3.8) is 0 Å². The van der Waals surface area contributed by atoms with Crippen molar-refractivity contribution in [2.75, 3.05) is 19.5 Å². The SMILES string of the molecule is CO.Cc1nc(C(=O)Nc2cccc(C3CC(=O)N(C)C(N)=N3)c2)cs1. The van der Waals surface area contributed by atoms with Gasteiger partial charge >= 0.3 is 0 Å². The molecule has 0 radical (unpaired) electrons. The number of aliphatic hydroxyl groups excluding tert-OH is 1. The van der Waals surface area contributed by atoms with Crippen LogP contribution in [0.4, 0.5) is 5.69 Å². The summed E-state index contributed by atoms with van der Waals surface area (Å²) in [6.45, 7) is 1.85. The van der Waals surface area contributed by atoms with Gasteiger partial charge in [-0.1, -0.05) is 12.1 Å². The van der Waals surface area contributed by atoms with E-state index >= 15 is 0 Å². The number of aliphatic hydroxyl groups is 1. The molecule has 1 aliphatic heterocycles. The lowest BCUT2D eigenvalue weighted by Crippen LogP contribution is -2.42. The Labute approximate surface area is 155 Å². The Morgan fingerprint density at radius 2 is 2.15 bits per heavy atom. The quantitative estimate of drug-likeness (QED) is 0.751. The van der Waals surface area contributed by atoms with Crippen molar-refractivity contribution >= 4 is 34.8 Å². The van der Waals surface area contributed by atoms with E-state index in [0.29, 0.717) is 11.4 Å². The number of nitrogens with zero attached hydrogens (tertiary/aromatic N) is 3. The molecule has 3 rings (SSSR count). The third kappa shape index (κ3) is 4.44. The van der Waals surface area contributed by atoms with Gasteiger partial charge in [0.15, 0.2) is 5.96 Å². The van der Waals surface area contributed by atoms with Gasteiger partial charge in [0, 0.05) is 25.2 Å². The summed E-state index contributed by atoms with van der Waals surface area (Å²) in [5.74, 6) is -0.150. The molecular formula is C17H21N5O3S. The lowest BCUT2D eigenvalue weighted by atomic mass is 10.0. The molecule has 1 aliphatic rings. The van der Waals surface area contributed by atoms with Gasteiger partial charge in [-0.05, 0) is 24.6 Å². The van der Waals surface area contributed by atoms with Crippen LogP contribution in [0.3, 0.4) is 0 Å². The van der Waals surface area contributed by atoms with Crippen LogP contribution in [-0.2, 0) is 4.79 Å². The van der Waals surface area contributed by atoms with E-state index in [2.05, 4.69) is 15.3 Å². The average Bonchev–Trinajstić information content (AvgIpc) is 3.08. The molecule has 1 aromatic carbocycles. The third-order valence-corrected chi connectivity index (χ3v) is 4.53. The average molecular weight is 375 g/mol. The Hall–Kier alpha value is -2.78. The zero-order valence-electron chi connectivity index (χ0n) is 14.8. The molecule has 26 heavy (non-hydrogen) atoms. The van der Waals surface area contributed by atoms with Crippen molar-refractivity contribution in [3.05, 3.63) is 45.9 Å². The number of carbonyl (C=O) groups is 2. The van der Waals surface area contributed by atoms with Crippen LogP contribution in [0.15, 0.2) is 34.6 Å². The predicted molar refractivity (Wildman–Crippen MR) is 101 cm³/mol. The number of aliphatic imine (C=N–C) groups is 1. The first-order valence-electron chi connectivity index (χ1n) is 7.82. The first-order valence-corrected chi connectivity index (χ1v) is 8.70. The largest absolute Gasteiger partial charge is 0.400 e. The lowest BCUT2D eigenvalue weighted by molar-refractivity contribution is -0.127. The fourth-order valence-corrected chi connectivity index (χ4v) is 2.99. The summed E-state index contributed by atoms with van der Waals surface area (Å²) in [4.78, 5) is 34.0. The summed E-state index contributed by atoms with van der Waals surface area (Å²) in [5, 5.41) is 12.4. The van der Waals surface area contributed by atoms with E-state index in [0.717, 1.165) is 17.7 Å². The van der Waals surface area contributed by atoms with Crippen LogP contribution in [0.1, 0.15) is 33.5 Å². The molecule has 9 heteroatoms. The van der Waals surface area contributed by atoms with E-state index in [9.17, 15) is 9.59 Å². The topological polar surface area (TPSA) is 121 Å². The van der Waals surface area contributed by atoms with Crippen LogP contribution >= 0.6 is 11.3 Å². The van der Waals surface area contributed by atoms with Gasteiger partial charge < -0.3 is 16.2 Å². The number of rotatable bonds is 3. The second-order valence-corrected chi connectivity index (χ2v) is 6.55. The van der Waals surface area contributed by atoms with Crippen LogP contribution < -0.4 is 11.1 Å². The molecule has 4 N–H and O–H groups in total. The fourth-order valence-electron chi connectivity index (χ4n) is 2.40. The number of carbonyl (C=O) groups excluding carboxylic acids is 2. The number of nitrogens with one attached hydrogen (secondary N) is 1. The highest BCUT2D eigenvalue weighted by Gasteiger charge is 2.25. The number of thiazole rings is 1.